The quantitative estimate of drug-likeness (QED) is 0.277. The molecule has 0 saturated carbocycles. The zero-order chi connectivity index (χ0) is 10.3. The number of nitrogens with one attached hydrogen (secondary N) is 1. The fourth-order valence-electron chi connectivity index (χ4n) is 0.508. The van der Waals surface area contributed by atoms with Crippen molar-refractivity contribution in [3.05, 3.63) is 0 Å². The van der Waals surface area contributed by atoms with Crippen LogP contribution in [-0.2, 0) is 14.4 Å². The van der Waals surface area contributed by atoms with Crippen molar-refractivity contribution in [3.63, 3.8) is 0 Å². The van der Waals surface area contributed by atoms with Crippen LogP contribution in [0.25, 0.3) is 0 Å². The second-order valence-electron chi connectivity index (χ2n) is 2.51. The lowest BCUT2D eigenvalue weighted by molar-refractivity contribution is 0.269. The third kappa shape index (κ3) is 9.09. The average Bonchev–Trinajstić information content (AvgIpc) is 2.00. The maximum absolute atomic E-state index is 10.5. The summed E-state index contributed by atoms with van der Waals surface area (Å²) in [6.07, 6.45) is 2.82. The summed E-state index contributed by atoms with van der Waals surface area (Å²) in [5.41, 5.74) is 7.29. The summed E-state index contributed by atoms with van der Waals surface area (Å²) in [7, 11) is -3.52. The zero-order valence-electron chi connectivity index (χ0n) is 7.78. The van der Waals surface area contributed by atoms with Crippen molar-refractivity contribution in [1.29, 1.82) is 0 Å². The van der Waals surface area contributed by atoms with Gasteiger partial charge in [-0.05, 0) is 6.42 Å². The third-order valence-corrected chi connectivity index (χ3v) is 1.48. The molecule has 78 valence electrons. The van der Waals surface area contributed by atoms with Crippen LogP contribution < -0.4 is 11.2 Å². The van der Waals surface area contributed by atoms with Gasteiger partial charge in [0.2, 0.25) is 5.96 Å². The van der Waals surface area contributed by atoms with Crippen LogP contribution in [0.5, 0.6) is 0 Å². The van der Waals surface area contributed by atoms with Gasteiger partial charge in [0.1, 0.15) is 0 Å². The first-order chi connectivity index (χ1) is 5.95. The van der Waals surface area contributed by atoms with Crippen LogP contribution in [0.3, 0.4) is 0 Å². The van der Waals surface area contributed by atoms with Gasteiger partial charge >= 0.3 is 0 Å². The fourth-order valence-corrected chi connectivity index (χ4v) is 0.745. The van der Waals surface area contributed by atoms with Gasteiger partial charge in [-0.2, -0.15) is 8.42 Å². The molecule has 0 radical (unpaired) electrons. The summed E-state index contributed by atoms with van der Waals surface area (Å²) in [6, 6.07) is 0. The van der Waals surface area contributed by atoms with E-state index in [1.165, 1.54) is 0 Å². The highest BCUT2D eigenvalue weighted by molar-refractivity contribution is 7.85. The lowest BCUT2D eigenvalue weighted by Gasteiger charge is -2.02. The van der Waals surface area contributed by atoms with Crippen molar-refractivity contribution in [2.24, 2.45) is 10.7 Å². The van der Waals surface area contributed by atoms with Gasteiger partial charge in [0, 0.05) is 6.54 Å². The lowest BCUT2D eigenvalue weighted by Crippen LogP contribution is -2.33. The Morgan fingerprint density at radius 3 is 2.69 bits per heavy atom. The van der Waals surface area contributed by atoms with Crippen LogP contribution in [0, 0.1) is 0 Å². The highest BCUT2D eigenvalue weighted by Crippen LogP contribution is 1.86. The minimum absolute atomic E-state index is 0.0288. The van der Waals surface area contributed by atoms with Crippen LogP contribution in [0.2, 0.25) is 0 Å². The Kier molecular flexibility index (Phi) is 5.40. The molecule has 0 unspecified atom stereocenters. The van der Waals surface area contributed by atoms with Gasteiger partial charge in [-0.25, -0.2) is 5.48 Å². The van der Waals surface area contributed by atoms with Crippen molar-refractivity contribution in [2.75, 3.05) is 12.8 Å². The maximum atomic E-state index is 10.5. The standard InChI is InChI=1S/C6H15N3O3S/c1-3-4-5-8-6(7)9-12-13(2,10)11/h3-5H2,1-2H3,(H3,7,8,9). The summed E-state index contributed by atoms with van der Waals surface area (Å²) < 4.78 is 25.1. The largest absolute Gasteiger partial charge is 0.368 e. The summed E-state index contributed by atoms with van der Waals surface area (Å²) in [5, 5.41) is 0. The van der Waals surface area contributed by atoms with Crippen molar-refractivity contribution in [1.82, 2.24) is 5.48 Å². The number of unbranched alkanes of at least 4 members (excludes halogenated alkanes) is 1. The van der Waals surface area contributed by atoms with E-state index in [2.05, 4.69) is 9.28 Å². The zero-order valence-corrected chi connectivity index (χ0v) is 8.60. The predicted octanol–water partition coefficient (Wildman–Crippen LogP) is -0.418. The van der Waals surface area contributed by atoms with Gasteiger partial charge in [0.25, 0.3) is 10.1 Å². The van der Waals surface area contributed by atoms with Crippen molar-refractivity contribution >= 4 is 16.1 Å². The molecule has 0 rings (SSSR count). The first kappa shape index (κ1) is 12.2. The van der Waals surface area contributed by atoms with Gasteiger partial charge in [0.05, 0.1) is 6.26 Å². The van der Waals surface area contributed by atoms with Crippen LogP contribution in [0.1, 0.15) is 19.8 Å². The first-order valence-electron chi connectivity index (χ1n) is 3.90. The van der Waals surface area contributed by atoms with Crippen molar-refractivity contribution in [3.8, 4) is 0 Å². The smallest absolute Gasteiger partial charge is 0.285 e. The third-order valence-electron chi connectivity index (χ3n) is 1.09. The van der Waals surface area contributed by atoms with Gasteiger partial charge in [-0.1, -0.05) is 13.3 Å². The van der Waals surface area contributed by atoms with E-state index in [4.69, 9.17) is 5.73 Å². The molecule has 13 heavy (non-hydrogen) atoms. The number of hydrogen-bond donors (Lipinski definition) is 2. The molecule has 0 heterocycles. The van der Waals surface area contributed by atoms with Gasteiger partial charge in [-0.15, -0.1) is 4.28 Å². The molecular weight excluding hydrogens is 194 g/mol. The summed E-state index contributed by atoms with van der Waals surface area (Å²) in [5.74, 6) is -0.0288. The molecule has 0 atom stereocenters. The van der Waals surface area contributed by atoms with Gasteiger partial charge in [0.15, 0.2) is 0 Å². The van der Waals surface area contributed by atoms with Crippen LogP contribution >= 0.6 is 0 Å². The highest BCUT2D eigenvalue weighted by Gasteiger charge is 2.01. The summed E-state index contributed by atoms with van der Waals surface area (Å²) >= 11 is 0. The van der Waals surface area contributed by atoms with Crippen LogP contribution in [0.4, 0.5) is 0 Å². The van der Waals surface area contributed by atoms with Gasteiger partial charge in [-0.3, -0.25) is 4.99 Å². The number of aliphatic imine (C=N–C) groups is 1. The van der Waals surface area contributed by atoms with E-state index in [9.17, 15) is 8.42 Å². The molecule has 0 aliphatic rings. The molecule has 0 amide bonds. The molecule has 6 nitrogen and oxygen atoms in total. The molecule has 0 spiro atoms. The van der Waals surface area contributed by atoms with Crippen molar-refractivity contribution in [2.45, 2.75) is 19.8 Å². The molecule has 0 bridgehead atoms. The summed E-state index contributed by atoms with van der Waals surface area (Å²) in [6.45, 7) is 2.58. The van der Waals surface area contributed by atoms with E-state index in [1.54, 1.807) is 0 Å². The average molecular weight is 209 g/mol. The molecule has 0 saturated heterocycles. The van der Waals surface area contributed by atoms with E-state index in [1.807, 2.05) is 12.4 Å². The fraction of sp³-hybridized carbons (Fsp3) is 0.833. The van der Waals surface area contributed by atoms with E-state index in [-0.39, 0.29) is 5.96 Å². The number of hydroxylamine groups is 1. The Bertz CT molecular complexity index is 260. The Balaban J connectivity index is 3.74. The number of nitrogens with zero attached hydrogens (tertiary/aromatic N) is 1. The molecule has 0 aliphatic heterocycles. The minimum atomic E-state index is -3.52. The number of nitrogens with two attached hydrogens (primary N) is 1. The summed E-state index contributed by atoms with van der Waals surface area (Å²) in [4.78, 5) is 3.81. The Morgan fingerprint density at radius 2 is 2.23 bits per heavy atom. The molecule has 0 fully saturated rings. The van der Waals surface area contributed by atoms with E-state index in [0.717, 1.165) is 19.1 Å². The van der Waals surface area contributed by atoms with Crippen LogP contribution in [0.15, 0.2) is 4.99 Å². The molecule has 0 aromatic carbocycles. The topological polar surface area (TPSA) is 93.8 Å². The van der Waals surface area contributed by atoms with Crippen molar-refractivity contribution < 1.29 is 12.7 Å². The molecule has 0 aliphatic carbocycles. The highest BCUT2D eigenvalue weighted by atomic mass is 32.2. The molecular formula is C6H15N3O3S. The monoisotopic (exact) mass is 209 g/mol. The number of rotatable bonds is 5. The lowest BCUT2D eigenvalue weighted by atomic mass is 10.3. The number of guanidine groups is 1. The second kappa shape index (κ2) is 5.76. The molecule has 0 aromatic rings. The van der Waals surface area contributed by atoms with E-state index < -0.39 is 10.1 Å². The van der Waals surface area contributed by atoms with E-state index >= 15 is 0 Å². The Hall–Kier alpha value is -0.820. The van der Waals surface area contributed by atoms with Gasteiger partial charge < -0.3 is 5.73 Å². The minimum Gasteiger partial charge on any atom is -0.368 e. The maximum Gasteiger partial charge on any atom is 0.285 e. The normalized spacial score (nSPS) is 12.9. The molecule has 0 aromatic heterocycles. The Morgan fingerprint density at radius 1 is 1.62 bits per heavy atom. The molecule has 3 N–H and O–H groups in total. The second-order valence-corrected chi connectivity index (χ2v) is 4.08. The van der Waals surface area contributed by atoms with Crippen LogP contribution in [-0.4, -0.2) is 27.2 Å². The van der Waals surface area contributed by atoms with E-state index in [0.29, 0.717) is 6.54 Å². The molecule has 7 heteroatoms. The first-order valence-corrected chi connectivity index (χ1v) is 5.71. The Labute approximate surface area is 78.3 Å². The number of hydrogen-bond acceptors (Lipinski definition) is 4. The predicted molar refractivity (Wildman–Crippen MR) is 50.5 cm³/mol. The SMILES string of the molecule is CCCCN=C(N)NOS(C)(=O)=O.